The van der Waals surface area contributed by atoms with E-state index >= 15 is 0 Å². The number of halogens is 2. The lowest BCUT2D eigenvalue weighted by atomic mass is 10.0. The summed E-state index contributed by atoms with van der Waals surface area (Å²) in [6.07, 6.45) is 0.952. The molecule has 1 aliphatic rings. The van der Waals surface area contributed by atoms with Crippen molar-refractivity contribution >= 4 is 26.6 Å². The summed E-state index contributed by atoms with van der Waals surface area (Å²) >= 11 is 0. The zero-order valence-electron chi connectivity index (χ0n) is 16.5. The van der Waals surface area contributed by atoms with Gasteiger partial charge in [0.15, 0.2) is 9.84 Å². The van der Waals surface area contributed by atoms with Crippen LogP contribution in [-0.4, -0.2) is 48.8 Å². The lowest BCUT2D eigenvalue weighted by Gasteiger charge is -2.23. The van der Waals surface area contributed by atoms with E-state index in [1.807, 2.05) is 0 Å². The third-order valence-corrected chi connectivity index (χ3v) is 7.49. The van der Waals surface area contributed by atoms with E-state index < -0.39 is 9.84 Å². The summed E-state index contributed by atoms with van der Waals surface area (Å²) in [4.78, 5) is 17.5. The Labute approximate surface area is 173 Å². The molecule has 1 fully saturated rings. The molecule has 1 N–H and O–H groups in total. The van der Waals surface area contributed by atoms with Gasteiger partial charge in [-0.3, -0.25) is 4.79 Å². The second-order valence-electron chi connectivity index (χ2n) is 7.74. The van der Waals surface area contributed by atoms with E-state index in [9.17, 15) is 22.0 Å². The van der Waals surface area contributed by atoms with E-state index in [2.05, 4.69) is 4.98 Å². The Hall–Kier alpha value is -2.74. The number of hydrogen-bond acceptors (Lipinski definition) is 3. The topological polar surface area (TPSA) is 70.2 Å². The summed E-state index contributed by atoms with van der Waals surface area (Å²) in [5.74, 6) is -0.799. The van der Waals surface area contributed by atoms with E-state index in [-0.39, 0.29) is 41.5 Å². The first-order chi connectivity index (χ1) is 14.2. The van der Waals surface area contributed by atoms with Crippen molar-refractivity contribution in [2.75, 3.05) is 18.6 Å². The van der Waals surface area contributed by atoms with Crippen LogP contribution >= 0.6 is 0 Å². The summed E-state index contributed by atoms with van der Waals surface area (Å²) in [7, 11) is -1.45. The minimum atomic E-state index is -3.08. The molecule has 158 valence electrons. The van der Waals surface area contributed by atoms with E-state index in [1.54, 1.807) is 25.2 Å². The van der Waals surface area contributed by atoms with Crippen LogP contribution in [0.15, 0.2) is 42.5 Å². The van der Waals surface area contributed by atoms with Gasteiger partial charge in [-0.15, -0.1) is 0 Å². The van der Waals surface area contributed by atoms with Gasteiger partial charge < -0.3 is 9.88 Å². The fraction of sp³-hybridized carbons (Fsp3) is 0.318. The zero-order valence-corrected chi connectivity index (χ0v) is 17.3. The molecule has 0 bridgehead atoms. The number of sulfone groups is 1. The molecule has 2 aromatic carbocycles. The van der Waals surface area contributed by atoms with Gasteiger partial charge in [0.25, 0.3) is 0 Å². The van der Waals surface area contributed by atoms with Crippen molar-refractivity contribution in [3.05, 3.63) is 59.7 Å². The standard InChI is InChI=1S/C22H22F2N2O3S/c1-26(17-10-11-30(28,29)13-17)21(27)9-7-18-19-12-16(24)6-8-20(19)25-22(18)14-2-4-15(23)5-3-14/h2-6,8,12,17,25H,7,9-11,13H2,1H3. The number of carbonyl (C=O) groups is 1. The first-order valence-corrected chi connectivity index (χ1v) is 11.6. The predicted octanol–water partition coefficient (Wildman–Crippen LogP) is 3.69. The van der Waals surface area contributed by atoms with Crippen molar-refractivity contribution < 1.29 is 22.0 Å². The van der Waals surface area contributed by atoms with Crippen LogP contribution in [0.3, 0.4) is 0 Å². The molecule has 3 aromatic rings. The highest BCUT2D eigenvalue weighted by Gasteiger charge is 2.32. The normalized spacial score (nSPS) is 18.0. The van der Waals surface area contributed by atoms with E-state index in [0.29, 0.717) is 18.2 Å². The zero-order chi connectivity index (χ0) is 21.5. The molecule has 30 heavy (non-hydrogen) atoms. The Morgan fingerprint density at radius 2 is 1.83 bits per heavy atom. The van der Waals surface area contributed by atoms with Crippen LogP contribution in [-0.2, 0) is 21.1 Å². The molecule has 1 amide bonds. The van der Waals surface area contributed by atoms with Gasteiger partial charge in [0, 0.05) is 36.1 Å². The Balaban J connectivity index is 1.61. The van der Waals surface area contributed by atoms with Crippen LogP contribution in [0, 0.1) is 11.6 Å². The molecule has 8 heteroatoms. The average Bonchev–Trinajstić information content (AvgIpc) is 3.25. The maximum absolute atomic E-state index is 13.9. The molecule has 0 saturated carbocycles. The third-order valence-electron chi connectivity index (χ3n) is 5.74. The lowest BCUT2D eigenvalue weighted by molar-refractivity contribution is -0.131. The van der Waals surface area contributed by atoms with Gasteiger partial charge >= 0.3 is 0 Å². The molecule has 2 heterocycles. The maximum Gasteiger partial charge on any atom is 0.222 e. The number of fused-ring (bicyclic) bond motifs is 1. The van der Waals surface area contributed by atoms with Gasteiger partial charge in [0.1, 0.15) is 11.6 Å². The van der Waals surface area contributed by atoms with E-state index in [1.165, 1.54) is 29.2 Å². The molecule has 0 spiro atoms. The molecule has 1 aliphatic heterocycles. The maximum atomic E-state index is 13.9. The summed E-state index contributed by atoms with van der Waals surface area (Å²) in [5, 5.41) is 0.674. The summed E-state index contributed by atoms with van der Waals surface area (Å²) < 4.78 is 50.7. The fourth-order valence-electron chi connectivity index (χ4n) is 4.04. The Morgan fingerprint density at radius 1 is 1.13 bits per heavy atom. The first-order valence-electron chi connectivity index (χ1n) is 9.75. The molecule has 5 nitrogen and oxygen atoms in total. The quantitative estimate of drug-likeness (QED) is 0.669. The highest BCUT2D eigenvalue weighted by molar-refractivity contribution is 7.91. The number of hydrogen-bond donors (Lipinski definition) is 1. The molecule has 1 saturated heterocycles. The molecule has 0 aliphatic carbocycles. The second kappa shape index (κ2) is 7.83. The average molecular weight is 432 g/mol. The molecule has 0 radical (unpaired) electrons. The molecule has 1 aromatic heterocycles. The van der Waals surface area contributed by atoms with Crippen molar-refractivity contribution in [2.24, 2.45) is 0 Å². The molecule has 4 rings (SSSR count). The lowest BCUT2D eigenvalue weighted by Crippen LogP contribution is -2.37. The number of nitrogens with zero attached hydrogens (tertiary/aromatic N) is 1. The number of nitrogens with one attached hydrogen (secondary N) is 1. The van der Waals surface area contributed by atoms with Crippen LogP contribution in [0.25, 0.3) is 22.2 Å². The fourth-order valence-corrected chi connectivity index (χ4v) is 5.81. The Bertz CT molecular complexity index is 1200. The molecular formula is C22H22F2N2O3S. The van der Waals surface area contributed by atoms with Crippen LogP contribution in [0.4, 0.5) is 8.78 Å². The number of amides is 1. The summed E-state index contributed by atoms with van der Waals surface area (Å²) in [5.41, 5.74) is 2.96. The monoisotopic (exact) mass is 432 g/mol. The van der Waals surface area contributed by atoms with Crippen LogP contribution < -0.4 is 0 Å². The predicted molar refractivity (Wildman–Crippen MR) is 112 cm³/mol. The Kier molecular flexibility index (Phi) is 5.36. The van der Waals surface area contributed by atoms with Gasteiger partial charge in [0.05, 0.1) is 11.5 Å². The van der Waals surface area contributed by atoms with Gasteiger partial charge in [-0.2, -0.15) is 0 Å². The summed E-state index contributed by atoms with van der Waals surface area (Å²) in [6, 6.07) is 10.1. The van der Waals surface area contributed by atoms with Gasteiger partial charge in [-0.1, -0.05) is 0 Å². The van der Waals surface area contributed by atoms with Gasteiger partial charge in [-0.25, -0.2) is 17.2 Å². The van der Waals surface area contributed by atoms with Gasteiger partial charge in [0.2, 0.25) is 5.91 Å². The Morgan fingerprint density at radius 3 is 2.50 bits per heavy atom. The summed E-state index contributed by atoms with van der Waals surface area (Å²) in [6.45, 7) is 0. The minimum absolute atomic E-state index is 0.00559. The molecular weight excluding hydrogens is 410 g/mol. The minimum Gasteiger partial charge on any atom is -0.354 e. The molecule has 1 atom stereocenters. The number of aromatic nitrogens is 1. The largest absolute Gasteiger partial charge is 0.354 e. The van der Waals surface area contributed by atoms with Crippen LogP contribution in [0.1, 0.15) is 18.4 Å². The van der Waals surface area contributed by atoms with Crippen LogP contribution in [0.5, 0.6) is 0 Å². The molecule has 1 unspecified atom stereocenters. The van der Waals surface area contributed by atoms with Crippen molar-refractivity contribution in [2.45, 2.75) is 25.3 Å². The second-order valence-corrected chi connectivity index (χ2v) is 9.97. The number of carbonyl (C=O) groups excluding carboxylic acids is 1. The van der Waals surface area contributed by atoms with Crippen molar-refractivity contribution in [3.63, 3.8) is 0 Å². The van der Waals surface area contributed by atoms with E-state index in [0.717, 1.165) is 22.3 Å². The van der Waals surface area contributed by atoms with Gasteiger partial charge in [-0.05, 0) is 66.4 Å². The number of H-pyrrole nitrogens is 1. The smallest absolute Gasteiger partial charge is 0.222 e. The highest BCUT2D eigenvalue weighted by atomic mass is 32.2. The van der Waals surface area contributed by atoms with Crippen molar-refractivity contribution in [1.29, 1.82) is 0 Å². The number of aromatic amines is 1. The van der Waals surface area contributed by atoms with E-state index in [4.69, 9.17) is 0 Å². The van der Waals surface area contributed by atoms with Crippen molar-refractivity contribution in [3.8, 4) is 11.3 Å². The SMILES string of the molecule is CN(C(=O)CCc1c(-c2ccc(F)cc2)[nH]c2ccc(F)cc12)C1CCS(=O)(=O)C1. The highest BCUT2D eigenvalue weighted by Crippen LogP contribution is 2.32. The first kappa shape index (κ1) is 20.5. The number of benzene rings is 2. The number of aryl methyl sites for hydroxylation is 1. The third kappa shape index (κ3) is 4.09. The number of rotatable bonds is 5. The van der Waals surface area contributed by atoms with Crippen molar-refractivity contribution in [1.82, 2.24) is 9.88 Å². The van der Waals surface area contributed by atoms with Crippen LogP contribution in [0.2, 0.25) is 0 Å².